The van der Waals surface area contributed by atoms with Crippen molar-refractivity contribution < 1.29 is 0 Å². The third-order valence-electron chi connectivity index (χ3n) is 2.55. The number of hydrogen-bond donors (Lipinski definition) is 1. The average Bonchev–Trinajstić information content (AvgIpc) is 2.33. The van der Waals surface area contributed by atoms with E-state index in [0.29, 0.717) is 10.7 Å². The topological polar surface area (TPSA) is 73.8 Å². The van der Waals surface area contributed by atoms with E-state index in [1.54, 1.807) is 35.4 Å². The molecule has 100 valence electrons. The Morgan fingerprint density at radius 1 is 1.32 bits per heavy atom. The van der Waals surface area contributed by atoms with Gasteiger partial charge < -0.3 is 10.3 Å². The zero-order valence-electron chi connectivity index (χ0n) is 11.1. The van der Waals surface area contributed by atoms with E-state index in [0.717, 1.165) is 4.90 Å². The number of nitrogen functional groups attached to an aromatic ring is 1. The predicted molar refractivity (Wildman–Crippen MR) is 76.3 cm³/mol. The van der Waals surface area contributed by atoms with Crippen molar-refractivity contribution in [3.05, 3.63) is 41.2 Å². The molecule has 2 heterocycles. The highest BCUT2D eigenvalue weighted by atomic mass is 32.2. The standard InChI is InChI=1S/C13H16N4OS/c1-13(2,3)17-7-6-16-11(12(17)18)19-10-4-5-15-8-9(10)14/h4-8H,14H2,1-3H3. The van der Waals surface area contributed by atoms with Crippen LogP contribution in [0.4, 0.5) is 5.69 Å². The van der Waals surface area contributed by atoms with Gasteiger partial charge in [0.1, 0.15) is 0 Å². The van der Waals surface area contributed by atoms with Crippen LogP contribution in [0.1, 0.15) is 20.8 Å². The lowest BCUT2D eigenvalue weighted by Gasteiger charge is -2.22. The SMILES string of the molecule is CC(C)(C)n1ccnc(Sc2ccncc2N)c1=O. The third kappa shape index (κ3) is 2.96. The van der Waals surface area contributed by atoms with Crippen molar-refractivity contribution >= 4 is 17.4 Å². The van der Waals surface area contributed by atoms with Gasteiger partial charge in [-0.05, 0) is 26.8 Å². The van der Waals surface area contributed by atoms with Crippen molar-refractivity contribution in [2.75, 3.05) is 5.73 Å². The Balaban J connectivity index is 2.43. The molecule has 2 aromatic rings. The van der Waals surface area contributed by atoms with Gasteiger partial charge in [-0.2, -0.15) is 0 Å². The summed E-state index contributed by atoms with van der Waals surface area (Å²) < 4.78 is 1.67. The molecule has 6 heteroatoms. The van der Waals surface area contributed by atoms with Gasteiger partial charge in [0, 0.05) is 29.0 Å². The summed E-state index contributed by atoms with van der Waals surface area (Å²) in [5, 5.41) is 0.412. The molecular weight excluding hydrogens is 260 g/mol. The fourth-order valence-corrected chi connectivity index (χ4v) is 2.39. The highest BCUT2D eigenvalue weighted by Gasteiger charge is 2.17. The number of aromatic nitrogens is 3. The summed E-state index contributed by atoms with van der Waals surface area (Å²) in [6, 6.07) is 1.77. The molecule has 0 radical (unpaired) electrons. The second-order valence-corrected chi connectivity index (χ2v) is 6.12. The predicted octanol–water partition coefficient (Wildman–Crippen LogP) is 2.13. The van der Waals surface area contributed by atoms with Crippen LogP contribution in [0.3, 0.4) is 0 Å². The van der Waals surface area contributed by atoms with Crippen LogP contribution >= 0.6 is 11.8 Å². The van der Waals surface area contributed by atoms with E-state index < -0.39 is 0 Å². The largest absolute Gasteiger partial charge is 0.397 e. The quantitative estimate of drug-likeness (QED) is 0.909. The summed E-state index contributed by atoms with van der Waals surface area (Å²) in [7, 11) is 0. The van der Waals surface area contributed by atoms with Crippen LogP contribution in [0.25, 0.3) is 0 Å². The van der Waals surface area contributed by atoms with E-state index >= 15 is 0 Å². The lowest BCUT2D eigenvalue weighted by Crippen LogP contribution is -2.34. The first kappa shape index (κ1) is 13.6. The fraction of sp³-hybridized carbons (Fsp3) is 0.308. The van der Waals surface area contributed by atoms with Gasteiger partial charge in [0.25, 0.3) is 5.56 Å². The van der Waals surface area contributed by atoms with Crippen LogP contribution in [0.2, 0.25) is 0 Å². The third-order valence-corrected chi connectivity index (χ3v) is 3.61. The molecule has 0 fully saturated rings. The van der Waals surface area contributed by atoms with E-state index in [-0.39, 0.29) is 11.1 Å². The van der Waals surface area contributed by atoms with E-state index in [1.807, 2.05) is 20.8 Å². The molecule has 0 aliphatic heterocycles. The molecule has 2 rings (SSSR count). The number of nitrogens with zero attached hydrogens (tertiary/aromatic N) is 3. The second-order valence-electron chi connectivity index (χ2n) is 5.09. The summed E-state index contributed by atoms with van der Waals surface area (Å²) in [5.74, 6) is 0. The van der Waals surface area contributed by atoms with Crippen molar-refractivity contribution in [3.8, 4) is 0 Å². The lowest BCUT2D eigenvalue weighted by atomic mass is 10.1. The average molecular weight is 276 g/mol. The van der Waals surface area contributed by atoms with Crippen molar-refractivity contribution in [1.82, 2.24) is 14.5 Å². The molecule has 5 nitrogen and oxygen atoms in total. The Kier molecular flexibility index (Phi) is 3.61. The molecule has 0 unspecified atom stereocenters. The molecule has 2 aromatic heterocycles. The monoisotopic (exact) mass is 276 g/mol. The van der Waals surface area contributed by atoms with E-state index in [1.165, 1.54) is 11.8 Å². The molecule has 0 saturated heterocycles. The first-order valence-electron chi connectivity index (χ1n) is 5.85. The van der Waals surface area contributed by atoms with Crippen LogP contribution in [-0.2, 0) is 5.54 Å². The van der Waals surface area contributed by atoms with Gasteiger partial charge in [0.15, 0.2) is 5.03 Å². The van der Waals surface area contributed by atoms with E-state index in [4.69, 9.17) is 5.73 Å². The molecule has 0 saturated carbocycles. The van der Waals surface area contributed by atoms with Crippen molar-refractivity contribution in [2.24, 2.45) is 0 Å². The number of nitrogens with two attached hydrogens (primary N) is 1. The maximum Gasteiger partial charge on any atom is 0.283 e. The molecule has 19 heavy (non-hydrogen) atoms. The molecule has 0 amide bonds. The van der Waals surface area contributed by atoms with Gasteiger partial charge in [-0.15, -0.1) is 0 Å². The molecule has 2 N–H and O–H groups in total. The summed E-state index contributed by atoms with van der Waals surface area (Å²) in [5.41, 5.74) is 5.97. The summed E-state index contributed by atoms with van der Waals surface area (Å²) in [6.45, 7) is 5.93. The number of hydrogen-bond acceptors (Lipinski definition) is 5. The van der Waals surface area contributed by atoms with Crippen LogP contribution < -0.4 is 11.3 Å². The van der Waals surface area contributed by atoms with Crippen LogP contribution in [0, 0.1) is 0 Å². The maximum atomic E-state index is 12.4. The normalized spacial score (nSPS) is 11.5. The van der Waals surface area contributed by atoms with E-state index in [2.05, 4.69) is 9.97 Å². The minimum absolute atomic E-state index is 0.115. The molecule has 0 aliphatic carbocycles. The van der Waals surface area contributed by atoms with Gasteiger partial charge in [0.05, 0.1) is 11.9 Å². The molecule has 0 spiro atoms. The number of pyridine rings is 1. The Labute approximate surface area is 115 Å². The summed E-state index contributed by atoms with van der Waals surface area (Å²) >= 11 is 1.26. The highest BCUT2D eigenvalue weighted by molar-refractivity contribution is 7.99. The fourth-order valence-electron chi connectivity index (χ4n) is 1.58. The maximum absolute atomic E-state index is 12.4. The van der Waals surface area contributed by atoms with Crippen molar-refractivity contribution in [3.63, 3.8) is 0 Å². The van der Waals surface area contributed by atoms with Crippen LogP contribution in [0.15, 0.2) is 45.6 Å². The van der Waals surface area contributed by atoms with Crippen LogP contribution in [-0.4, -0.2) is 14.5 Å². The minimum Gasteiger partial charge on any atom is -0.397 e. The Bertz CT molecular complexity index is 646. The molecule has 0 atom stereocenters. The zero-order chi connectivity index (χ0) is 14.0. The number of anilines is 1. The first-order chi connectivity index (χ1) is 8.89. The van der Waals surface area contributed by atoms with Gasteiger partial charge in [0.2, 0.25) is 0 Å². The van der Waals surface area contributed by atoms with Crippen LogP contribution in [0.5, 0.6) is 0 Å². The molecule has 0 bridgehead atoms. The molecule has 0 aliphatic rings. The smallest absolute Gasteiger partial charge is 0.283 e. The molecule has 0 aromatic carbocycles. The lowest BCUT2D eigenvalue weighted by molar-refractivity contribution is 0.377. The Hall–Kier alpha value is -1.82. The highest BCUT2D eigenvalue weighted by Crippen LogP contribution is 2.28. The van der Waals surface area contributed by atoms with Gasteiger partial charge in [-0.3, -0.25) is 9.78 Å². The minimum atomic E-state index is -0.279. The zero-order valence-corrected chi connectivity index (χ0v) is 11.9. The second kappa shape index (κ2) is 5.05. The first-order valence-corrected chi connectivity index (χ1v) is 6.67. The number of rotatable bonds is 2. The molecular formula is C13H16N4OS. The Morgan fingerprint density at radius 3 is 2.68 bits per heavy atom. The van der Waals surface area contributed by atoms with Crippen molar-refractivity contribution in [2.45, 2.75) is 36.2 Å². The van der Waals surface area contributed by atoms with Gasteiger partial charge >= 0.3 is 0 Å². The summed E-state index contributed by atoms with van der Waals surface area (Å²) in [6.07, 6.45) is 6.53. The Morgan fingerprint density at radius 2 is 2.05 bits per heavy atom. The van der Waals surface area contributed by atoms with Gasteiger partial charge in [-0.1, -0.05) is 11.8 Å². The van der Waals surface area contributed by atoms with Gasteiger partial charge in [-0.25, -0.2) is 4.98 Å². The van der Waals surface area contributed by atoms with E-state index in [9.17, 15) is 4.79 Å². The van der Waals surface area contributed by atoms with Crippen molar-refractivity contribution in [1.29, 1.82) is 0 Å². The summed E-state index contributed by atoms with van der Waals surface area (Å²) in [4.78, 5) is 21.2.